The van der Waals surface area contributed by atoms with Gasteiger partial charge in [0.1, 0.15) is 16.7 Å². The van der Waals surface area contributed by atoms with Crippen LogP contribution in [-0.2, 0) is 11.2 Å². The van der Waals surface area contributed by atoms with Gasteiger partial charge in [-0.25, -0.2) is 19.7 Å². The Bertz CT molecular complexity index is 1190. The fraction of sp³-hybridized carbons (Fsp3) is 0.273. The van der Waals surface area contributed by atoms with Gasteiger partial charge in [-0.3, -0.25) is 0 Å². The first-order valence-electron chi connectivity index (χ1n) is 9.91. The zero-order chi connectivity index (χ0) is 20.7. The van der Waals surface area contributed by atoms with E-state index >= 15 is 0 Å². The van der Waals surface area contributed by atoms with Gasteiger partial charge in [-0.2, -0.15) is 0 Å². The molecule has 3 heterocycles. The third-order valence-electron chi connectivity index (χ3n) is 5.50. The summed E-state index contributed by atoms with van der Waals surface area (Å²) in [5.41, 5.74) is 5.54. The number of allylic oxidation sites excluding steroid dienone is 1. The molecule has 0 atom stereocenters. The first-order chi connectivity index (χ1) is 14.7. The molecule has 0 amide bonds. The number of hydrogen-bond acceptors (Lipinski definition) is 7. The van der Waals surface area contributed by atoms with E-state index in [1.807, 2.05) is 12.1 Å². The molecule has 1 aromatic carbocycles. The number of aromatic nitrogens is 3. The summed E-state index contributed by atoms with van der Waals surface area (Å²) in [7, 11) is 1.75. The van der Waals surface area contributed by atoms with Crippen molar-refractivity contribution in [2.75, 3.05) is 43.6 Å². The van der Waals surface area contributed by atoms with Crippen LogP contribution in [0, 0.1) is 0 Å². The highest BCUT2D eigenvalue weighted by molar-refractivity contribution is 6.02. The molecule has 5 rings (SSSR count). The number of hydrogen-bond donors (Lipinski definition) is 2. The number of pyridine rings is 1. The number of benzene rings is 1. The molecule has 8 nitrogen and oxygen atoms in total. The van der Waals surface area contributed by atoms with E-state index in [1.54, 1.807) is 7.05 Å². The van der Waals surface area contributed by atoms with E-state index in [2.05, 4.69) is 33.4 Å². The topological polar surface area (TPSA) is 100 Å². The average molecular weight is 403 g/mol. The van der Waals surface area contributed by atoms with Crippen LogP contribution < -0.4 is 10.2 Å². The zero-order valence-corrected chi connectivity index (χ0v) is 16.6. The molecule has 30 heavy (non-hydrogen) atoms. The van der Waals surface area contributed by atoms with Gasteiger partial charge in [0.25, 0.3) is 0 Å². The Kier molecular flexibility index (Phi) is 4.55. The van der Waals surface area contributed by atoms with E-state index in [0.29, 0.717) is 54.7 Å². The van der Waals surface area contributed by atoms with Gasteiger partial charge in [0.05, 0.1) is 18.9 Å². The van der Waals surface area contributed by atoms with Crippen molar-refractivity contribution in [3.63, 3.8) is 0 Å². The predicted octanol–water partition coefficient (Wildman–Crippen LogP) is 2.84. The standard InChI is InChI=1S/C22H21N5O3/c1-23-16-12-17(21(28)29)24-20-18(15-7-3-5-13-4-2-6-14(13)15)25-22(26-19(16)20)27-8-10-30-11-9-27/h2-3,5-7,12H,4,8-11H2,1H3,(H,23,24)(H,28,29). The summed E-state index contributed by atoms with van der Waals surface area (Å²) >= 11 is 0. The zero-order valence-electron chi connectivity index (χ0n) is 16.6. The summed E-state index contributed by atoms with van der Waals surface area (Å²) in [6.45, 7) is 2.64. The minimum atomic E-state index is -1.09. The van der Waals surface area contributed by atoms with E-state index in [1.165, 1.54) is 11.6 Å². The Morgan fingerprint density at radius 1 is 1.17 bits per heavy atom. The van der Waals surface area contributed by atoms with Crippen LogP contribution in [0.15, 0.2) is 30.3 Å². The van der Waals surface area contributed by atoms with Gasteiger partial charge in [-0.15, -0.1) is 0 Å². The number of nitrogens with zero attached hydrogens (tertiary/aromatic N) is 4. The van der Waals surface area contributed by atoms with Crippen molar-refractivity contribution in [2.45, 2.75) is 6.42 Å². The number of rotatable bonds is 4. The second-order valence-electron chi connectivity index (χ2n) is 7.26. The van der Waals surface area contributed by atoms with Crippen molar-refractivity contribution in [3.8, 4) is 11.3 Å². The Balaban J connectivity index is 1.82. The molecule has 1 aliphatic heterocycles. The summed E-state index contributed by atoms with van der Waals surface area (Å²) in [4.78, 5) is 27.9. The second-order valence-corrected chi connectivity index (χ2v) is 7.26. The Morgan fingerprint density at radius 2 is 2.00 bits per heavy atom. The monoisotopic (exact) mass is 403 g/mol. The van der Waals surface area contributed by atoms with Gasteiger partial charge in [-0.05, 0) is 23.6 Å². The molecule has 0 unspecified atom stereocenters. The van der Waals surface area contributed by atoms with Crippen molar-refractivity contribution in [1.82, 2.24) is 15.0 Å². The SMILES string of the molecule is CNc1cc(C(=O)O)nc2c(-c3cccc4c3C=CC4)nc(N3CCOCC3)nc12. The Labute approximate surface area is 173 Å². The number of morpholine rings is 1. The summed E-state index contributed by atoms with van der Waals surface area (Å²) in [5.74, 6) is -0.489. The molecule has 3 aromatic rings. The van der Waals surface area contributed by atoms with E-state index < -0.39 is 5.97 Å². The number of fused-ring (bicyclic) bond motifs is 2. The maximum absolute atomic E-state index is 11.7. The minimum Gasteiger partial charge on any atom is -0.477 e. The van der Waals surface area contributed by atoms with Crippen molar-refractivity contribution < 1.29 is 14.6 Å². The maximum atomic E-state index is 11.7. The van der Waals surface area contributed by atoms with E-state index in [9.17, 15) is 9.90 Å². The number of aromatic carboxylic acids is 1. The fourth-order valence-corrected chi connectivity index (χ4v) is 3.99. The molecule has 152 valence electrons. The van der Waals surface area contributed by atoms with Crippen LogP contribution in [0.3, 0.4) is 0 Å². The lowest BCUT2D eigenvalue weighted by molar-refractivity contribution is 0.0691. The number of carboxylic acids is 1. The van der Waals surface area contributed by atoms with Crippen LogP contribution in [0.2, 0.25) is 0 Å². The molecule has 1 fully saturated rings. The van der Waals surface area contributed by atoms with Crippen molar-refractivity contribution in [1.29, 1.82) is 0 Å². The normalized spacial score (nSPS) is 15.4. The highest BCUT2D eigenvalue weighted by atomic mass is 16.5. The predicted molar refractivity (Wildman–Crippen MR) is 115 cm³/mol. The van der Waals surface area contributed by atoms with Crippen molar-refractivity contribution >= 4 is 34.7 Å². The molecule has 1 saturated heterocycles. The van der Waals surface area contributed by atoms with E-state index in [-0.39, 0.29) is 5.69 Å². The molecule has 8 heteroatoms. The Hall–Kier alpha value is -3.52. The lowest BCUT2D eigenvalue weighted by Crippen LogP contribution is -2.37. The summed E-state index contributed by atoms with van der Waals surface area (Å²) in [5, 5.41) is 12.7. The number of carboxylic acid groups (broad SMARTS) is 1. The highest BCUT2D eigenvalue weighted by Crippen LogP contribution is 2.36. The molecule has 2 N–H and O–H groups in total. The molecule has 0 radical (unpaired) electrons. The molecule has 0 saturated carbocycles. The first-order valence-corrected chi connectivity index (χ1v) is 9.91. The molecule has 1 aliphatic carbocycles. The molecule has 2 aliphatic rings. The van der Waals surface area contributed by atoms with Crippen LogP contribution in [0.4, 0.5) is 11.6 Å². The largest absolute Gasteiger partial charge is 0.477 e. The number of ether oxygens (including phenoxy) is 1. The van der Waals surface area contributed by atoms with Crippen LogP contribution >= 0.6 is 0 Å². The molecular weight excluding hydrogens is 382 g/mol. The third-order valence-corrected chi connectivity index (χ3v) is 5.50. The maximum Gasteiger partial charge on any atom is 0.354 e. The lowest BCUT2D eigenvalue weighted by atomic mass is 9.99. The molecular formula is C22H21N5O3. The van der Waals surface area contributed by atoms with Gasteiger partial charge in [0.2, 0.25) is 5.95 Å². The van der Waals surface area contributed by atoms with Crippen molar-refractivity contribution in [3.05, 3.63) is 47.2 Å². The summed E-state index contributed by atoms with van der Waals surface area (Å²) in [6.07, 6.45) is 5.08. The van der Waals surface area contributed by atoms with E-state index in [4.69, 9.17) is 14.7 Å². The first kappa shape index (κ1) is 18.5. The van der Waals surface area contributed by atoms with Gasteiger partial charge < -0.3 is 20.1 Å². The van der Waals surface area contributed by atoms with Gasteiger partial charge >= 0.3 is 5.97 Å². The van der Waals surface area contributed by atoms with Gasteiger partial charge in [0, 0.05) is 25.7 Å². The average Bonchev–Trinajstić information content (AvgIpc) is 3.27. The smallest absolute Gasteiger partial charge is 0.354 e. The third kappa shape index (κ3) is 3.05. The quantitative estimate of drug-likeness (QED) is 0.686. The van der Waals surface area contributed by atoms with E-state index in [0.717, 1.165) is 17.5 Å². The number of anilines is 2. The highest BCUT2D eigenvalue weighted by Gasteiger charge is 2.23. The van der Waals surface area contributed by atoms with Crippen LogP contribution in [-0.4, -0.2) is 59.4 Å². The van der Waals surface area contributed by atoms with Crippen LogP contribution in [0.25, 0.3) is 28.4 Å². The van der Waals surface area contributed by atoms with Crippen molar-refractivity contribution in [2.24, 2.45) is 0 Å². The van der Waals surface area contributed by atoms with Gasteiger partial charge in [0.15, 0.2) is 5.69 Å². The number of nitrogens with one attached hydrogen (secondary N) is 1. The lowest BCUT2D eigenvalue weighted by Gasteiger charge is -2.27. The molecule has 0 spiro atoms. The molecule has 0 bridgehead atoms. The minimum absolute atomic E-state index is 0.0426. The summed E-state index contributed by atoms with van der Waals surface area (Å²) in [6, 6.07) is 7.62. The van der Waals surface area contributed by atoms with Crippen LogP contribution in [0.5, 0.6) is 0 Å². The Morgan fingerprint density at radius 3 is 2.77 bits per heavy atom. The second kappa shape index (κ2) is 7.38. The van der Waals surface area contributed by atoms with Gasteiger partial charge in [-0.1, -0.05) is 30.4 Å². The summed E-state index contributed by atoms with van der Waals surface area (Å²) < 4.78 is 5.47. The van der Waals surface area contributed by atoms with Crippen LogP contribution in [0.1, 0.15) is 21.6 Å². The fourth-order valence-electron chi connectivity index (χ4n) is 3.99. The number of carbonyl (C=O) groups is 1. The molecule has 2 aromatic heterocycles.